The van der Waals surface area contributed by atoms with Crippen molar-refractivity contribution in [2.24, 2.45) is 0 Å². The van der Waals surface area contributed by atoms with Gasteiger partial charge in [-0.15, -0.1) is 0 Å². The molecule has 0 bridgehead atoms. The van der Waals surface area contributed by atoms with Crippen LogP contribution in [0.5, 0.6) is 0 Å². The molecule has 0 fully saturated rings. The van der Waals surface area contributed by atoms with Gasteiger partial charge < -0.3 is 0 Å². The van der Waals surface area contributed by atoms with Crippen LogP contribution in [0.25, 0.3) is 0 Å². The summed E-state index contributed by atoms with van der Waals surface area (Å²) in [5.41, 5.74) is 0. The fourth-order valence-corrected chi connectivity index (χ4v) is 1.92. The van der Waals surface area contributed by atoms with E-state index in [4.69, 9.17) is 4.78 Å². The molecule has 1 aliphatic heterocycles. The summed E-state index contributed by atoms with van der Waals surface area (Å²) in [7, 11) is 1.16. The van der Waals surface area contributed by atoms with E-state index in [1.54, 1.807) is 0 Å². The Labute approximate surface area is 60.8 Å². The molecule has 0 aliphatic carbocycles. The number of hydrogen-bond acceptors (Lipinski definition) is 2. The summed E-state index contributed by atoms with van der Waals surface area (Å²) >= 11 is 0. The molecular formula is C6H7NS2. The molecule has 0 spiro atoms. The number of allylic oxidation sites excluding steroid dienone is 4. The molecule has 0 aromatic heterocycles. The van der Waals surface area contributed by atoms with E-state index in [0.717, 1.165) is 0 Å². The number of hydrogen-bond donors (Lipinski definition) is 1. The third-order valence-electron chi connectivity index (χ3n) is 0.773. The Kier molecular flexibility index (Phi) is 2.80. The third kappa shape index (κ3) is 2.67. The lowest BCUT2D eigenvalue weighted by Crippen LogP contribution is -1.68. The Balaban J connectivity index is 2.70. The maximum absolute atomic E-state index is 7.33. The predicted octanol–water partition coefficient (Wildman–Crippen LogP) is 2.61. The second-order valence-corrected chi connectivity index (χ2v) is 4.42. The fourth-order valence-electron chi connectivity index (χ4n) is 0.414. The summed E-state index contributed by atoms with van der Waals surface area (Å²) in [5.74, 6) is 0. The molecular weight excluding hydrogens is 150 g/mol. The van der Waals surface area contributed by atoms with Crippen LogP contribution in [0.2, 0.25) is 0 Å². The second-order valence-electron chi connectivity index (χ2n) is 1.44. The standard InChI is InChI=1S/C6H7NS2/c7-9-6-4-2-1-3-5-8-9/h1-7H/b2-1-,5-3-,6-4-. The van der Waals surface area contributed by atoms with Crippen LogP contribution in [0.3, 0.4) is 0 Å². The molecule has 0 radical (unpaired) electrons. The Morgan fingerprint density at radius 2 is 1.89 bits per heavy atom. The molecule has 1 heterocycles. The van der Waals surface area contributed by atoms with Gasteiger partial charge in [0.25, 0.3) is 0 Å². The first kappa shape index (κ1) is 6.83. The largest absolute Gasteiger partial charge is 0.265 e. The van der Waals surface area contributed by atoms with E-state index in [1.165, 1.54) is 10.8 Å². The molecule has 1 N–H and O–H groups in total. The first-order chi connectivity index (χ1) is 4.39. The van der Waals surface area contributed by atoms with Crippen LogP contribution >= 0.6 is 10.8 Å². The lowest BCUT2D eigenvalue weighted by Gasteiger charge is -1.91. The van der Waals surface area contributed by atoms with E-state index in [-0.39, 0.29) is 9.72 Å². The summed E-state index contributed by atoms with van der Waals surface area (Å²) in [6, 6.07) is 0. The molecule has 0 aromatic carbocycles. The van der Waals surface area contributed by atoms with E-state index in [0.29, 0.717) is 0 Å². The second kappa shape index (κ2) is 3.69. The summed E-state index contributed by atoms with van der Waals surface area (Å²) in [6.07, 6.45) is 7.75. The van der Waals surface area contributed by atoms with E-state index in [2.05, 4.69) is 0 Å². The van der Waals surface area contributed by atoms with Crippen LogP contribution in [0, 0.1) is 4.78 Å². The van der Waals surface area contributed by atoms with E-state index in [9.17, 15) is 0 Å². The van der Waals surface area contributed by atoms with Crippen molar-refractivity contribution >= 4 is 20.5 Å². The fraction of sp³-hybridized carbons (Fsp3) is 0. The van der Waals surface area contributed by atoms with E-state index >= 15 is 0 Å². The van der Waals surface area contributed by atoms with Crippen LogP contribution in [0.15, 0.2) is 35.1 Å². The Morgan fingerprint density at radius 1 is 1.11 bits per heavy atom. The van der Waals surface area contributed by atoms with Crippen molar-refractivity contribution < 1.29 is 0 Å². The molecule has 48 valence electrons. The minimum atomic E-state index is -0.371. The van der Waals surface area contributed by atoms with Crippen LogP contribution in [-0.2, 0) is 9.72 Å². The minimum Gasteiger partial charge on any atom is -0.265 e. The van der Waals surface area contributed by atoms with Crippen molar-refractivity contribution in [3.8, 4) is 0 Å². The molecule has 0 amide bonds. The van der Waals surface area contributed by atoms with Crippen molar-refractivity contribution in [3.63, 3.8) is 0 Å². The third-order valence-corrected chi connectivity index (χ3v) is 2.94. The van der Waals surface area contributed by atoms with Crippen molar-refractivity contribution in [2.45, 2.75) is 0 Å². The molecule has 3 heteroatoms. The average Bonchev–Trinajstić information content (AvgIpc) is 1.79. The van der Waals surface area contributed by atoms with Gasteiger partial charge in [0.2, 0.25) is 0 Å². The van der Waals surface area contributed by atoms with Crippen LogP contribution in [0.1, 0.15) is 0 Å². The van der Waals surface area contributed by atoms with Crippen LogP contribution in [-0.4, -0.2) is 0 Å². The minimum absolute atomic E-state index is 0.371. The van der Waals surface area contributed by atoms with Gasteiger partial charge in [0, 0.05) is 0 Å². The Hall–Kier alpha value is -0.280. The van der Waals surface area contributed by atoms with E-state index < -0.39 is 0 Å². The highest BCUT2D eigenvalue weighted by molar-refractivity contribution is 8.71. The zero-order valence-electron chi connectivity index (χ0n) is 4.78. The SMILES string of the molecule is N=S1\C=C/C=C\C=C/S1. The van der Waals surface area contributed by atoms with Crippen molar-refractivity contribution in [2.75, 3.05) is 0 Å². The summed E-state index contributed by atoms with van der Waals surface area (Å²) in [6.45, 7) is 0. The quantitative estimate of drug-likeness (QED) is 0.537. The summed E-state index contributed by atoms with van der Waals surface area (Å²) in [4.78, 5) is 0. The molecule has 0 aromatic rings. The molecule has 1 atom stereocenters. The van der Waals surface area contributed by atoms with Gasteiger partial charge in [-0.05, 0) is 20.5 Å². The number of rotatable bonds is 0. The molecule has 1 unspecified atom stereocenters. The number of nitrogens with one attached hydrogen (secondary N) is 1. The van der Waals surface area contributed by atoms with Gasteiger partial charge in [0.05, 0.1) is 0 Å². The Bertz CT molecular complexity index is 191. The zero-order chi connectivity index (χ0) is 6.53. The van der Waals surface area contributed by atoms with Crippen LogP contribution in [0.4, 0.5) is 0 Å². The van der Waals surface area contributed by atoms with E-state index in [1.807, 2.05) is 35.1 Å². The molecule has 0 saturated carbocycles. The maximum Gasteiger partial charge on any atom is -0.00741 e. The summed E-state index contributed by atoms with van der Waals surface area (Å²) < 4.78 is 7.33. The van der Waals surface area contributed by atoms with Crippen molar-refractivity contribution in [1.29, 1.82) is 4.78 Å². The van der Waals surface area contributed by atoms with Gasteiger partial charge in [-0.1, -0.05) is 35.1 Å². The van der Waals surface area contributed by atoms with Gasteiger partial charge in [0.1, 0.15) is 0 Å². The molecule has 1 rings (SSSR count). The molecule has 0 saturated heterocycles. The first-order valence-corrected chi connectivity index (χ1v) is 5.19. The predicted molar refractivity (Wildman–Crippen MR) is 45.1 cm³/mol. The van der Waals surface area contributed by atoms with Crippen molar-refractivity contribution in [3.05, 3.63) is 35.1 Å². The highest BCUT2D eigenvalue weighted by Gasteiger charge is 1.83. The smallest absolute Gasteiger partial charge is 0.00741 e. The van der Waals surface area contributed by atoms with Gasteiger partial charge in [-0.25, -0.2) is 0 Å². The van der Waals surface area contributed by atoms with Crippen LogP contribution < -0.4 is 0 Å². The maximum atomic E-state index is 7.33. The highest BCUT2D eigenvalue weighted by atomic mass is 33.1. The normalized spacial score (nSPS) is 36.2. The first-order valence-electron chi connectivity index (χ1n) is 2.51. The lowest BCUT2D eigenvalue weighted by molar-refractivity contribution is 1.65. The van der Waals surface area contributed by atoms with Gasteiger partial charge in [-0.3, -0.25) is 4.78 Å². The average molecular weight is 157 g/mol. The Morgan fingerprint density at radius 3 is 2.78 bits per heavy atom. The lowest BCUT2D eigenvalue weighted by atomic mass is 10.5. The molecule has 1 nitrogen and oxygen atoms in total. The zero-order valence-corrected chi connectivity index (χ0v) is 6.41. The van der Waals surface area contributed by atoms with Gasteiger partial charge in [0.15, 0.2) is 0 Å². The highest BCUT2D eigenvalue weighted by Crippen LogP contribution is 2.12. The monoisotopic (exact) mass is 157 g/mol. The topological polar surface area (TPSA) is 23.9 Å². The summed E-state index contributed by atoms with van der Waals surface area (Å²) in [5, 5.41) is 3.82. The molecule has 9 heavy (non-hydrogen) atoms. The molecule has 1 aliphatic rings. The van der Waals surface area contributed by atoms with Crippen molar-refractivity contribution in [1.82, 2.24) is 0 Å². The van der Waals surface area contributed by atoms with Gasteiger partial charge in [-0.2, -0.15) is 0 Å². The van der Waals surface area contributed by atoms with Gasteiger partial charge >= 0.3 is 0 Å².